The summed E-state index contributed by atoms with van der Waals surface area (Å²) < 4.78 is 68.9. The zero-order valence-corrected chi connectivity index (χ0v) is 24.1. The number of rotatable bonds is 11. The summed E-state index contributed by atoms with van der Waals surface area (Å²) in [5.74, 6) is -1.07. The Balaban J connectivity index is 1.68. The van der Waals surface area contributed by atoms with Crippen molar-refractivity contribution in [2.24, 2.45) is 0 Å². The first-order valence-corrected chi connectivity index (χ1v) is 15.3. The maximum atomic E-state index is 13.9. The Morgan fingerprint density at radius 2 is 1.55 bits per heavy atom. The largest absolute Gasteiger partial charge is 0.416 e. The summed E-state index contributed by atoms with van der Waals surface area (Å²) in [7, 11) is -4.46. The average Bonchev–Trinajstić information content (AvgIpc) is 3.49. The molecular weight excluding hydrogens is 567 g/mol. The van der Waals surface area contributed by atoms with E-state index in [0.717, 1.165) is 43.4 Å². The van der Waals surface area contributed by atoms with E-state index >= 15 is 0 Å². The fourth-order valence-electron chi connectivity index (χ4n) is 5.05. The molecule has 7 nitrogen and oxygen atoms in total. The third kappa shape index (κ3) is 7.70. The minimum absolute atomic E-state index is 0.00564. The molecule has 4 rings (SSSR count). The summed E-state index contributed by atoms with van der Waals surface area (Å²) in [6.45, 7) is 0.881. The van der Waals surface area contributed by atoms with Crippen LogP contribution in [0.25, 0.3) is 0 Å². The van der Waals surface area contributed by atoms with E-state index in [1.165, 1.54) is 35.2 Å². The minimum atomic E-state index is -4.73. The van der Waals surface area contributed by atoms with Crippen molar-refractivity contribution in [3.05, 3.63) is 96.1 Å². The second-order valence-electron chi connectivity index (χ2n) is 10.4. The number of anilines is 1. The lowest BCUT2D eigenvalue weighted by Crippen LogP contribution is -2.53. The zero-order valence-electron chi connectivity index (χ0n) is 23.3. The van der Waals surface area contributed by atoms with Crippen LogP contribution >= 0.6 is 0 Å². The fourth-order valence-corrected chi connectivity index (χ4v) is 6.47. The molecule has 3 aromatic carbocycles. The van der Waals surface area contributed by atoms with Crippen molar-refractivity contribution in [3.8, 4) is 0 Å². The molecule has 1 unspecified atom stereocenters. The SMILES string of the molecule is CC(C(=O)NC1CCCC1)N(CCc1ccccc1)C(=O)CN(c1cccc(C(F)(F)F)c1)S(=O)(=O)c1ccccc1. The van der Waals surface area contributed by atoms with Gasteiger partial charge >= 0.3 is 6.18 Å². The molecule has 0 radical (unpaired) electrons. The highest BCUT2D eigenvalue weighted by Gasteiger charge is 2.35. The molecule has 0 aliphatic heterocycles. The Morgan fingerprint density at radius 1 is 0.929 bits per heavy atom. The lowest BCUT2D eigenvalue weighted by atomic mass is 10.1. The summed E-state index contributed by atoms with van der Waals surface area (Å²) in [4.78, 5) is 28.3. The van der Waals surface area contributed by atoms with Crippen LogP contribution in [0.15, 0.2) is 89.8 Å². The molecule has 1 aliphatic rings. The lowest BCUT2D eigenvalue weighted by Gasteiger charge is -2.32. The molecule has 2 amide bonds. The molecule has 11 heteroatoms. The number of hydrogen-bond donors (Lipinski definition) is 1. The fraction of sp³-hybridized carbons (Fsp3) is 0.355. The maximum Gasteiger partial charge on any atom is 0.416 e. The number of sulfonamides is 1. The number of benzene rings is 3. The van der Waals surface area contributed by atoms with Gasteiger partial charge in [0.25, 0.3) is 10.0 Å². The maximum absolute atomic E-state index is 13.9. The van der Waals surface area contributed by atoms with Crippen molar-refractivity contribution in [2.45, 2.75) is 62.2 Å². The highest BCUT2D eigenvalue weighted by Crippen LogP contribution is 2.33. The van der Waals surface area contributed by atoms with E-state index in [0.29, 0.717) is 16.8 Å². The number of hydrogen-bond acceptors (Lipinski definition) is 4. The standard InChI is InChI=1S/C31H34F3N3O4S/c1-23(30(39)35-26-14-8-9-15-26)36(20-19-24-11-4-2-5-12-24)29(38)22-37(42(40,41)28-17-6-3-7-18-28)27-16-10-13-25(21-27)31(32,33)34/h2-7,10-13,16-18,21,23,26H,8-9,14-15,19-20,22H2,1H3,(H,35,39). The van der Waals surface area contributed by atoms with Gasteiger partial charge in [0.2, 0.25) is 11.8 Å². The number of nitrogens with zero attached hydrogens (tertiary/aromatic N) is 2. The second kappa shape index (κ2) is 13.4. The number of carbonyl (C=O) groups excluding carboxylic acids is 2. The van der Waals surface area contributed by atoms with Crippen LogP contribution in [-0.4, -0.2) is 50.3 Å². The molecule has 0 spiro atoms. The first kappa shape index (κ1) is 31.1. The van der Waals surface area contributed by atoms with Crippen molar-refractivity contribution < 1.29 is 31.2 Å². The van der Waals surface area contributed by atoms with Crippen LogP contribution < -0.4 is 9.62 Å². The molecule has 224 valence electrons. The van der Waals surface area contributed by atoms with Crippen molar-refractivity contribution in [1.29, 1.82) is 0 Å². The third-order valence-corrected chi connectivity index (χ3v) is 9.21. The van der Waals surface area contributed by atoms with E-state index in [2.05, 4.69) is 5.32 Å². The lowest BCUT2D eigenvalue weighted by molar-refractivity contribution is -0.139. The van der Waals surface area contributed by atoms with Crippen molar-refractivity contribution >= 4 is 27.5 Å². The van der Waals surface area contributed by atoms with E-state index < -0.39 is 40.3 Å². The minimum Gasteiger partial charge on any atom is -0.352 e. The number of nitrogens with one attached hydrogen (secondary N) is 1. The summed E-state index contributed by atoms with van der Waals surface area (Å²) in [5, 5.41) is 2.99. The number of halogens is 3. The van der Waals surface area contributed by atoms with Crippen LogP contribution in [0, 0.1) is 0 Å². The highest BCUT2D eigenvalue weighted by atomic mass is 32.2. The van der Waals surface area contributed by atoms with Crippen LogP contribution in [0.2, 0.25) is 0 Å². The van der Waals surface area contributed by atoms with Gasteiger partial charge in [-0.1, -0.05) is 67.4 Å². The molecule has 1 N–H and O–H groups in total. The Morgan fingerprint density at radius 3 is 2.17 bits per heavy atom. The summed E-state index contributed by atoms with van der Waals surface area (Å²) in [6, 6.07) is 19.4. The zero-order chi connectivity index (χ0) is 30.3. The Labute approximate surface area is 244 Å². The van der Waals surface area contributed by atoms with Crippen LogP contribution in [-0.2, 0) is 32.2 Å². The van der Waals surface area contributed by atoms with E-state index in [1.54, 1.807) is 13.0 Å². The van der Waals surface area contributed by atoms with E-state index in [-0.39, 0.29) is 29.1 Å². The van der Waals surface area contributed by atoms with Gasteiger partial charge in [-0.2, -0.15) is 13.2 Å². The quantitative estimate of drug-likeness (QED) is 0.318. The van der Waals surface area contributed by atoms with Crippen molar-refractivity contribution in [2.75, 3.05) is 17.4 Å². The first-order chi connectivity index (χ1) is 20.0. The molecule has 1 atom stereocenters. The van der Waals surface area contributed by atoms with Gasteiger partial charge in [-0.05, 0) is 62.1 Å². The molecule has 3 aromatic rings. The summed E-state index contributed by atoms with van der Waals surface area (Å²) in [5.41, 5.74) is -0.454. The normalized spacial score (nSPS) is 14.8. The van der Waals surface area contributed by atoms with Gasteiger partial charge in [0.05, 0.1) is 16.1 Å². The predicted octanol–water partition coefficient (Wildman–Crippen LogP) is 5.42. The summed E-state index contributed by atoms with van der Waals surface area (Å²) in [6.07, 6.45) is -0.651. The number of carbonyl (C=O) groups is 2. The second-order valence-corrected chi connectivity index (χ2v) is 12.2. The predicted molar refractivity (Wildman–Crippen MR) is 154 cm³/mol. The first-order valence-electron chi connectivity index (χ1n) is 13.9. The van der Waals surface area contributed by atoms with Gasteiger partial charge in [-0.15, -0.1) is 0 Å². The van der Waals surface area contributed by atoms with Gasteiger partial charge in [-0.25, -0.2) is 8.42 Å². The van der Waals surface area contributed by atoms with Gasteiger partial charge in [-0.3, -0.25) is 13.9 Å². The third-order valence-electron chi connectivity index (χ3n) is 7.42. The van der Waals surface area contributed by atoms with Gasteiger partial charge in [0.1, 0.15) is 12.6 Å². The number of amides is 2. The monoisotopic (exact) mass is 601 g/mol. The number of alkyl halides is 3. The molecule has 0 bridgehead atoms. The van der Waals surface area contributed by atoms with Crippen LogP contribution in [0.1, 0.15) is 43.7 Å². The van der Waals surface area contributed by atoms with Gasteiger partial charge < -0.3 is 10.2 Å². The van der Waals surface area contributed by atoms with Gasteiger partial charge in [0, 0.05) is 12.6 Å². The van der Waals surface area contributed by atoms with E-state index in [1.807, 2.05) is 30.3 Å². The van der Waals surface area contributed by atoms with E-state index in [4.69, 9.17) is 0 Å². The smallest absolute Gasteiger partial charge is 0.352 e. The molecule has 1 saturated carbocycles. The van der Waals surface area contributed by atoms with Crippen molar-refractivity contribution in [1.82, 2.24) is 10.2 Å². The molecule has 1 aliphatic carbocycles. The molecule has 0 heterocycles. The molecule has 0 aromatic heterocycles. The molecule has 42 heavy (non-hydrogen) atoms. The van der Waals surface area contributed by atoms with E-state index in [9.17, 15) is 31.2 Å². The molecule has 0 saturated heterocycles. The van der Waals surface area contributed by atoms with Crippen LogP contribution in [0.5, 0.6) is 0 Å². The highest BCUT2D eigenvalue weighted by molar-refractivity contribution is 7.92. The Bertz CT molecular complexity index is 1460. The van der Waals surface area contributed by atoms with Crippen LogP contribution in [0.4, 0.5) is 18.9 Å². The molecular formula is C31H34F3N3O4S. The average molecular weight is 602 g/mol. The van der Waals surface area contributed by atoms with Crippen molar-refractivity contribution in [3.63, 3.8) is 0 Å². The Hall–Kier alpha value is -3.86. The topological polar surface area (TPSA) is 86.8 Å². The molecule has 1 fully saturated rings. The Kier molecular flexibility index (Phi) is 9.93. The van der Waals surface area contributed by atoms with Crippen LogP contribution in [0.3, 0.4) is 0 Å². The summed E-state index contributed by atoms with van der Waals surface area (Å²) >= 11 is 0. The van der Waals surface area contributed by atoms with Gasteiger partial charge in [0.15, 0.2) is 0 Å².